The van der Waals surface area contributed by atoms with E-state index in [2.05, 4.69) is 0 Å². The highest BCUT2D eigenvalue weighted by molar-refractivity contribution is 7.91. The molecule has 0 N–H and O–H groups in total. The van der Waals surface area contributed by atoms with Crippen molar-refractivity contribution in [1.82, 2.24) is 0 Å². The standard InChI is InChI=1S/C17H18O4S/c1-20-12-14-9-7-13-8-10-16(11-17(13)21-14)22(18,19)15-5-3-2-4-6-15/h2-6,8,10-11,14H,7,9,12H2,1H3/t14-/m1/s1. The third kappa shape index (κ3) is 2.87. The van der Waals surface area contributed by atoms with E-state index in [1.54, 1.807) is 49.6 Å². The van der Waals surface area contributed by atoms with Crippen LogP contribution < -0.4 is 4.74 Å². The Hall–Kier alpha value is -1.85. The fraction of sp³-hybridized carbons (Fsp3) is 0.294. The normalized spacial score (nSPS) is 17.6. The number of rotatable bonds is 4. The van der Waals surface area contributed by atoms with Gasteiger partial charge in [-0.1, -0.05) is 24.3 Å². The van der Waals surface area contributed by atoms with Crippen LogP contribution in [-0.4, -0.2) is 28.2 Å². The first-order valence-electron chi connectivity index (χ1n) is 7.20. The molecule has 1 aliphatic heterocycles. The molecular formula is C17H18O4S. The minimum Gasteiger partial charge on any atom is -0.488 e. The summed E-state index contributed by atoms with van der Waals surface area (Å²) in [5.41, 5.74) is 1.04. The van der Waals surface area contributed by atoms with E-state index in [1.807, 2.05) is 6.07 Å². The van der Waals surface area contributed by atoms with Gasteiger partial charge in [0.25, 0.3) is 0 Å². The Balaban J connectivity index is 1.95. The molecule has 1 atom stereocenters. The van der Waals surface area contributed by atoms with Crippen molar-refractivity contribution in [2.24, 2.45) is 0 Å². The fourth-order valence-corrected chi connectivity index (χ4v) is 3.91. The topological polar surface area (TPSA) is 52.6 Å². The number of sulfone groups is 1. The summed E-state index contributed by atoms with van der Waals surface area (Å²) in [4.78, 5) is 0.551. The number of ether oxygens (including phenoxy) is 2. The SMILES string of the molecule is COC[C@H]1CCc2ccc(S(=O)(=O)c3ccccc3)cc2O1. The lowest BCUT2D eigenvalue weighted by Crippen LogP contribution is -2.27. The molecule has 0 aliphatic carbocycles. The van der Waals surface area contributed by atoms with Crippen LogP contribution in [-0.2, 0) is 21.0 Å². The van der Waals surface area contributed by atoms with Gasteiger partial charge in [-0.25, -0.2) is 8.42 Å². The van der Waals surface area contributed by atoms with Crippen LogP contribution in [0, 0.1) is 0 Å². The summed E-state index contributed by atoms with van der Waals surface area (Å²) in [5, 5.41) is 0. The summed E-state index contributed by atoms with van der Waals surface area (Å²) < 4.78 is 36.3. The molecule has 5 heteroatoms. The second kappa shape index (κ2) is 6.10. The van der Waals surface area contributed by atoms with Gasteiger partial charge < -0.3 is 9.47 Å². The van der Waals surface area contributed by atoms with Gasteiger partial charge in [0, 0.05) is 7.11 Å². The molecule has 22 heavy (non-hydrogen) atoms. The minimum absolute atomic E-state index is 0.0211. The monoisotopic (exact) mass is 318 g/mol. The third-order valence-electron chi connectivity index (χ3n) is 3.78. The summed E-state index contributed by atoms with van der Waals surface area (Å²) in [6, 6.07) is 13.6. The quantitative estimate of drug-likeness (QED) is 0.870. The molecule has 3 rings (SSSR count). The number of benzene rings is 2. The van der Waals surface area contributed by atoms with Crippen LogP contribution >= 0.6 is 0 Å². The zero-order valence-corrected chi connectivity index (χ0v) is 13.2. The van der Waals surface area contributed by atoms with Crippen molar-refractivity contribution in [2.45, 2.75) is 28.7 Å². The Morgan fingerprint density at radius 1 is 1.14 bits per heavy atom. The van der Waals surface area contributed by atoms with E-state index in [0.29, 0.717) is 17.3 Å². The molecule has 1 heterocycles. The molecule has 0 bridgehead atoms. The van der Waals surface area contributed by atoms with Crippen LogP contribution in [0.5, 0.6) is 5.75 Å². The van der Waals surface area contributed by atoms with Crippen molar-refractivity contribution in [1.29, 1.82) is 0 Å². The van der Waals surface area contributed by atoms with E-state index < -0.39 is 9.84 Å². The van der Waals surface area contributed by atoms with Gasteiger partial charge in [0.1, 0.15) is 11.9 Å². The molecule has 0 spiro atoms. The maximum absolute atomic E-state index is 12.6. The van der Waals surface area contributed by atoms with Crippen molar-refractivity contribution < 1.29 is 17.9 Å². The van der Waals surface area contributed by atoms with Crippen LogP contribution in [0.1, 0.15) is 12.0 Å². The van der Waals surface area contributed by atoms with Crippen LogP contribution in [0.15, 0.2) is 58.3 Å². The van der Waals surface area contributed by atoms with Gasteiger partial charge in [-0.3, -0.25) is 0 Å². The lowest BCUT2D eigenvalue weighted by molar-refractivity contribution is 0.0675. The predicted octanol–water partition coefficient (Wildman–Crippen LogP) is 2.86. The Kier molecular flexibility index (Phi) is 4.18. The van der Waals surface area contributed by atoms with Gasteiger partial charge >= 0.3 is 0 Å². The summed E-state index contributed by atoms with van der Waals surface area (Å²) >= 11 is 0. The maximum atomic E-state index is 12.6. The first-order valence-corrected chi connectivity index (χ1v) is 8.68. The van der Waals surface area contributed by atoms with Gasteiger partial charge in [-0.05, 0) is 42.7 Å². The number of methoxy groups -OCH3 is 1. The van der Waals surface area contributed by atoms with Crippen molar-refractivity contribution in [2.75, 3.05) is 13.7 Å². The highest BCUT2D eigenvalue weighted by Gasteiger charge is 2.23. The van der Waals surface area contributed by atoms with Gasteiger partial charge in [-0.15, -0.1) is 0 Å². The van der Waals surface area contributed by atoms with E-state index in [0.717, 1.165) is 18.4 Å². The second-order valence-corrected chi connectivity index (χ2v) is 7.27. The number of fused-ring (bicyclic) bond motifs is 1. The predicted molar refractivity (Wildman–Crippen MR) is 82.9 cm³/mol. The lowest BCUT2D eigenvalue weighted by Gasteiger charge is -2.26. The number of hydrogen-bond donors (Lipinski definition) is 0. The van der Waals surface area contributed by atoms with Crippen molar-refractivity contribution in [3.8, 4) is 5.75 Å². The Morgan fingerprint density at radius 3 is 2.64 bits per heavy atom. The fourth-order valence-electron chi connectivity index (χ4n) is 2.61. The molecule has 0 unspecified atom stereocenters. The molecule has 0 amide bonds. The van der Waals surface area contributed by atoms with E-state index in [9.17, 15) is 8.42 Å². The van der Waals surface area contributed by atoms with E-state index in [4.69, 9.17) is 9.47 Å². The average molecular weight is 318 g/mol. The molecule has 2 aromatic carbocycles. The molecule has 116 valence electrons. The second-order valence-electron chi connectivity index (χ2n) is 5.32. The van der Waals surface area contributed by atoms with Crippen LogP contribution in [0.25, 0.3) is 0 Å². The zero-order chi connectivity index (χ0) is 15.6. The van der Waals surface area contributed by atoms with E-state index in [1.165, 1.54) is 0 Å². The minimum atomic E-state index is -3.51. The molecule has 0 radical (unpaired) electrons. The molecule has 0 saturated heterocycles. The summed E-state index contributed by atoms with van der Waals surface area (Å²) in [7, 11) is -1.88. The Labute approximate surface area is 130 Å². The molecule has 0 saturated carbocycles. The van der Waals surface area contributed by atoms with Gasteiger partial charge in [-0.2, -0.15) is 0 Å². The van der Waals surface area contributed by atoms with Crippen LogP contribution in [0.4, 0.5) is 0 Å². The Morgan fingerprint density at radius 2 is 1.91 bits per heavy atom. The van der Waals surface area contributed by atoms with Gasteiger partial charge in [0.2, 0.25) is 9.84 Å². The van der Waals surface area contributed by atoms with E-state index >= 15 is 0 Å². The molecule has 0 aromatic heterocycles. The zero-order valence-electron chi connectivity index (χ0n) is 12.4. The average Bonchev–Trinajstić information content (AvgIpc) is 2.55. The third-order valence-corrected chi connectivity index (χ3v) is 5.55. The molecule has 0 fully saturated rings. The largest absolute Gasteiger partial charge is 0.488 e. The summed E-state index contributed by atoms with van der Waals surface area (Å²) in [6.45, 7) is 0.509. The smallest absolute Gasteiger partial charge is 0.206 e. The molecular weight excluding hydrogens is 300 g/mol. The van der Waals surface area contributed by atoms with E-state index in [-0.39, 0.29) is 11.0 Å². The first-order chi connectivity index (χ1) is 10.6. The highest BCUT2D eigenvalue weighted by atomic mass is 32.2. The summed E-state index contributed by atoms with van der Waals surface area (Å²) in [6.07, 6.45) is 1.73. The molecule has 4 nitrogen and oxygen atoms in total. The van der Waals surface area contributed by atoms with Crippen molar-refractivity contribution in [3.05, 3.63) is 54.1 Å². The summed E-state index contributed by atoms with van der Waals surface area (Å²) in [5.74, 6) is 0.644. The molecule has 2 aromatic rings. The van der Waals surface area contributed by atoms with Gasteiger partial charge in [0.15, 0.2) is 0 Å². The first kappa shape index (κ1) is 15.1. The lowest BCUT2D eigenvalue weighted by atomic mass is 10.0. The maximum Gasteiger partial charge on any atom is 0.206 e. The number of hydrogen-bond acceptors (Lipinski definition) is 4. The Bertz CT molecular complexity index is 753. The van der Waals surface area contributed by atoms with Crippen LogP contribution in [0.3, 0.4) is 0 Å². The van der Waals surface area contributed by atoms with Crippen molar-refractivity contribution >= 4 is 9.84 Å². The van der Waals surface area contributed by atoms with Crippen LogP contribution in [0.2, 0.25) is 0 Å². The van der Waals surface area contributed by atoms with Crippen molar-refractivity contribution in [3.63, 3.8) is 0 Å². The molecule has 1 aliphatic rings. The highest BCUT2D eigenvalue weighted by Crippen LogP contribution is 2.32. The van der Waals surface area contributed by atoms with Gasteiger partial charge in [0.05, 0.1) is 16.4 Å². The number of aryl methyl sites for hydroxylation is 1.